The molecule has 1 aliphatic rings. The number of carbonyl (C=O) groups excluding carboxylic acids is 2. The second-order valence-corrected chi connectivity index (χ2v) is 7.04. The highest BCUT2D eigenvalue weighted by molar-refractivity contribution is 8.00. The smallest absolute Gasteiger partial charge is 0.324 e. The number of amides is 2. The fourth-order valence-electron chi connectivity index (χ4n) is 2.67. The lowest BCUT2D eigenvalue weighted by molar-refractivity contribution is -0.157. The highest BCUT2D eigenvalue weighted by Crippen LogP contribution is 2.38. The number of alkyl halides is 3. The van der Waals surface area contributed by atoms with Gasteiger partial charge in [-0.2, -0.15) is 13.2 Å². The van der Waals surface area contributed by atoms with E-state index in [1.54, 1.807) is 18.2 Å². The lowest BCUT2D eigenvalue weighted by Crippen LogP contribution is -2.50. The summed E-state index contributed by atoms with van der Waals surface area (Å²) in [6.07, 6.45) is -4.17. The molecule has 0 saturated carbocycles. The summed E-state index contributed by atoms with van der Waals surface area (Å²) in [5.41, 5.74) is 0.159. The maximum Gasteiger partial charge on any atom is 0.409 e. The molecule has 3 rings (SSSR count). The minimum Gasteiger partial charge on any atom is -0.324 e. The fourth-order valence-corrected chi connectivity index (χ4v) is 3.70. The van der Waals surface area contributed by atoms with E-state index < -0.39 is 30.5 Å². The minimum atomic E-state index is -4.77. The van der Waals surface area contributed by atoms with Gasteiger partial charge < -0.3 is 5.32 Å². The molecule has 1 N–H and O–H groups in total. The van der Waals surface area contributed by atoms with Crippen LogP contribution in [0.25, 0.3) is 0 Å². The zero-order valence-electron chi connectivity index (χ0n) is 13.7. The highest BCUT2D eigenvalue weighted by Gasteiger charge is 2.48. The third-order valence-corrected chi connectivity index (χ3v) is 5.24. The molecule has 0 spiro atoms. The zero-order chi connectivity index (χ0) is 19.6. The molecule has 2 aromatic rings. The van der Waals surface area contributed by atoms with E-state index in [1.807, 2.05) is 0 Å². The summed E-state index contributed by atoms with van der Waals surface area (Å²) in [7, 11) is 0. The van der Waals surface area contributed by atoms with E-state index in [0.717, 1.165) is 11.8 Å². The van der Waals surface area contributed by atoms with Crippen LogP contribution in [0.1, 0.15) is 6.42 Å². The van der Waals surface area contributed by atoms with Crippen molar-refractivity contribution in [2.75, 3.05) is 16.0 Å². The molecule has 0 fully saturated rings. The Balaban J connectivity index is 1.94. The van der Waals surface area contributed by atoms with Crippen molar-refractivity contribution in [3.63, 3.8) is 0 Å². The van der Waals surface area contributed by atoms with Gasteiger partial charge in [0.15, 0.2) is 0 Å². The largest absolute Gasteiger partial charge is 0.409 e. The van der Waals surface area contributed by atoms with Crippen molar-refractivity contribution in [3.8, 4) is 0 Å². The number of para-hydroxylation sites is 2. The Kier molecular flexibility index (Phi) is 5.61. The van der Waals surface area contributed by atoms with Gasteiger partial charge in [-0.15, -0.1) is 0 Å². The van der Waals surface area contributed by atoms with Crippen LogP contribution in [0.4, 0.5) is 24.5 Å². The molecule has 1 aromatic carbocycles. The molecular weight excluding hydrogens is 403 g/mol. The van der Waals surface area contributed by atoms with E-state index in [-0.39, 0.29) is 17.1 Å². The molecule has 0 aliphatic carbocycles. The Morgan fingerprint density at radius 1 is 1.30 bits per heavy atom. The Morgan fingerprint density at radius 3 is 2.74 bits per heavy atom. The van der Waals surface area contributed by atoms with Gasteiger partial charge in [0.25, 0.3) is 0 Å². The number of carbonyl (C=O) groups is 2. The van der Waals surface area contributed by atoms with Crippen LogP contribution in [-0.4, -0.2) is 34.8 Å². The van der Waals surface area contributed by atoms with Crippen molar-refractivity contribution in [1.82, 2.24) is 4.98 Å². The van der Waals surface area contributed by atoms with E-state index in [4.69, 9.17) is 11.6 Å². The molecular formula is C17H13ClF3N3O2S. The Bertz CT molecular complexity index is 878. The quantitative estimate of drug-likeness (QED) is 0.765. The summed E-state index contributed by atoms with van der Waals surface area (Å²) >= 11 is 6.91. The van der Waals surface area contributed by atoms with Gasteiger partial charge in [-0.1, -0.05) is 35.5 Å². The molecule has 2 heterocycles. The zero-order valence-corrected chi connectivity index (χ0v) is 15.2. The summed E-state index contributed by atoms with van der Waals surface area (Å²) in [5, 5.41) is 3.06. The average molecular weight is 416 g/mol. The minimum absolute atomic E-state index is 0.00314. The van der Waals surface area contributed by atoms with E-state index >= 15 is 0 Å². The average Bonchev–Trinajstić information content (AvgIpc) is 2.76. The lowest BCUT2D eigenvalue weighted by Gasteiger charge is -2.31. The third-order valence-electron chi connectivity index (χ3n) is 3.83. The van der Waals surface area contributed by atoms with Gasteiger partial charge in [0, 0.05) is 6.20 Å². The van der Waals surface area contributed by atoms with Gasteiger partial charge in [0.2, 0.25) is 11.8 Å². The maximum absolute atomic E-state index is 13.6. The van der Waals surface area contributed by atoms with Gasteiger partial charge in [-0.25, -0.2) is 4.98 Å². The van der Waals surface area contributed by atoms with Crippen LogP contribution < -0.4 is 10.2 Å². The van der Waals surface area contributed by atoms with Gasteiger partial charge in [0.1, 0.15) is 11.1 Å². The molecule has 5 nitrogen and oxygen atoms in total. The summed E-state index contributed by atoms with van der Waals surface area (Å²) in [6.45, 7) is 0. The van der Waals surface area contributed by atoms with E-state index in [2.05, 4.69) is 10.3 Å². The van der Waals surface area contributed by atoms with Crippen LogP contribution in [0.15, 0.2) is 47.6 Å². The maximum atomic E-state index is 13.6. The van der Waals surface area contributed by atoms with E-state index in [9.17, 15) is 22.8 Å². The Labute approximate surface area is 161 Å². The summed E-state index contributed by atoms with van der Waals surface area (Å²) in [4.78, 5) is 29.3. The van der Waals surface area contributed by atoms with Gasteiger partial charge in [-0.3, -0.25) is 14.5 Å². The van der Waals surface area contributed by atoms with Crippen LogP contribution in [0, 0.1) is 0 Å². The number of nitrogens with zero attached hydrogens (tertiary/aromatic N) is 2. The molecule has 2 amide bonds. The predicted octanol–water partition coefficient (Wildman–Crippen LogP) is 4.13. The second-order valence-electron chi connectivity index (χ2n) is 5.67. The molecule has 1 unspecified atom stereocenters. The predicted molar refractivity (Wildman–Crippen MR) is 97.0 cm³/mol. The summed E-state index contributed by atoms with van der Waals surface area (Å²) < 4.78 is 40.8. The number of hydrogen-bond acceptors (Lipinski definition) is 4. The first kappa shape index (κ1) is 19.5. The van der Waals surface area contributed by atoms with E-state index in [1.165, 1.54) is 24.4 Å². The number of halogens is 4. The standard InChI is InChI=1S/C17H13ClF3N3O2S/c18-10-4-3-7-22-16(10)27-9-15(26)24-12-6-2-1-5-11(12)23-14(25)8-13(24)17(19,20)21/h1-7,13H,8-9H2,(H,23,25). The number of benzene rings is 1. The van der Waals surface area contributed by atoms with Crippen LogP contribution in [0.5, 0.6) is 0 Å². The number of rotatable bonds is 3. The molecule has 27 heavy (non-hydrogen) atoms. The number of hydrogen-bond donors (Lipinski definition) is 1. The van der Waals surface area contributed by atoms with Crippen LogP contribution in [0.2, 0.25) is 5.02 Å². The SMILES string of the molecule is O=C1CC(C(F)(F)F)N(C(=O)CSc2ncccc2Cl)c2ccccc2N1. The number of anilines is 2. The van der Waals surface area contributed by atoms with Crippen molar-refractivity contribution in [3.05, 3.63) is 47.6 Å². The van der Waals surface area contributed by atoms with Crippen molar-refractivity contribution in [1.29, 1.82) is 0 Å². The number of thioether (sulfide) groups is 1. The molecule has 1 aliphatic heterocycles. The van der Waals surface area contributed by atoms with Gasteiger partial charge in [-0.05, 0) is 24.3 Å². The highest BCUT2D eigenvalue weighted by atomic mass is 35.5. The molecule has 1 aromatic heterocycles. The van der Waals surface area contributed by atoms with Crippen molar-refractivity contribution >= 4 is 46.6 Å². The third kappa shape index (κ3) is 4.36. The fraction of sp³-hybridized carbons (Fsp3) is 0.235. The van der Waals surface area contributed by atoms with Gasteiger partial charge in [0.05, 0.1) is 28.6 Å². The van der Waals surface area contributed by atoms with Crippen molar-refractivity contribution in [2.24, 2.45) is 0 Å². The first-order valence-corrected chi connectivity index (χ1v) is 9.14. The Hall–Kier alpha value is -2.26. The van der Waals surface area contributed by atoms with Gasteiger partial charge >= 0.3 is 6.18 Å². The number of aromatic nitrogens is 1. The molecule has 1 atom stereocenters. The number of nitrogens with one attached hydrogen (secondary N) is 1. The normalized spacial score (nSPS) is 17.1. The van der Waals surface area contributed by atoms with Crippen LogP contribution in [-0.2, 0) is 9.59 Å². The molecule has 0 radical (unpaired) electrons. The lowest BCUT2D eigenvalue weighted by atomic mass is 10.1. The van der Waals surface area contributed by atoms with Crippen LogP contribution >= 0.6 is 23.4 Å². The molecule has 10 heteroatoms. The summed E-state index contributed by atoms with van der Waals surface area (Å²) in [5.74, 6) is -1.92. The molecule has 0 saturated heterocycles. The van der Waals surface area contributed by atoms with Crippen LogP contribution in [0.3, 0.4) is 0 Å². The van der Waals surface area contributed by atoms with E-state index in [0.29, 0.717) is 14.9 Å². The number of fused-ring (bicyclic) bond motifs is 1. The molecule has 0 bridgehead atoms. The second kappa shape index (κ2) is 7.77. The molecule has 142 valence electrons. The van der Waals surface area contributed by atoms with Crippen molar-refractivity contribution < 1.29 is 22.8 Å². The van der Waals surface area contributed by atoms with Crippen molar-refractivity contribution in [2.45, 2.75) is 23.7 Å². The topological polar surface area (TPSA) is 62.3 Å². The Morgan fingerprint density at radius 2 is 2.04 bits per heavy atom. The first-order chi connectivity index (χ1) is 12.8. The number of pyridine rings is 1. The first-order valence-electron chi connectivity index (χ1n) is 7.78. The summed E-state index contributed by atoms with van der Waals surface area (Å²) in [6, 6.07) is 6.82. The monoisotopic (exact) mass is 415 g/mol.